The van der Waals surface area contributed by atoms with Crippen molar-refractivity contribution in [1.29, 1.82) is 0 Å². The van der Waals surface area contributed by atoms with E-state index in [1.54, 1.807) is 41.5 Å². The summed E-state index contributed by atoms with van der Waals surface area (Å²) in [5.74, 6) is -10.2. The molecule has 12 atom stereocenters. The number of H-pyrrole nitrogens is 3. The molecule has 1 aliphatic rings. The van der Waals surface area contributed by atoms with Crippen molar-refractivity contribution in [2.45, 2.75) is 216 Å². The number of imidazole rings is 1. The van der Waals surface area contributed by atoms with Gasteiger partial charge in [-0.15, -0.1) is 0 Å². The molecule has 1 aliphatic heterocycles. The number of hydrogen-bond acceptors (Lipinski definition) is 15. The van der Waals surface area contributed by atoms with E-state index in [1.807, 2.05) is 55.4 Å². The fourth-order valence-corrected chi connectivity index (χ4v) is 12.2. The summed E-state index contributed by atoms with van der Waals surface area (Å²) in [6, 6.07) is -12.8. The van der Waals surface area contributed by atoms with E-state index in [0.29, 0.717) is 17.0 Å². The van der Waals surface area contributed by atoms with E-state index in [1.165, 1.54) is 87.7 Å². The molecule has 8 N–H and O–H groups in total. The van der Waals surface area contributed by atoms with E-state index in [-0.39, 0.29) is 71.6 Å². The summed E-state index contributed by atoms with van der Waals surface area (Å²) in [6.07, 6.45) is -1.20. The van der Waals surface area contributed by atoms with Gasteiger partial charge in [-0.1, -0.05) is 109 Å². The molecule has 29 heteroatoms. The third kappa shape index (κ3) is 21.1. The first-order chi connectivity index (χ1) is 43.0. The van der Waals surface area contributed by atoms with E-state index in [4.69, 9.17) is 24.4 Å². The summed E-state index contributed by atoms with van der Waals surface area (Å²) in [5.41, 5.74) is 0.775. The van der Waals surface area contributed by atoms with Crippen molar-refractivity contribution >= 4 is 101 Å². The van der Waals surface area contributed by atoms with Crippen molar-refractivity contribution in [1.82, 2.24) is 75.5 Å². The average molecular weight is 1340 g/mol. The molecule has 0 radical (unpaired) electrons. The summed E-state index contributed by atoms with van der Waals surface area (Å²) in [5, 5.41) is 23.5. The molecule has 3 rings (SSSR count). The topological polar surface area (TPSA) is 339 Å². The minimum atomic E-state index is -1.75. The van der Waals surface area contributed by atoms with Crippen molar-refractivity contribution in [3.05, 3.63) is 15.2 Å². The van der Waals surface area contributed by atoms with E-state index >= 15 is 19.2 Å². The van der Waals surface area contributed by atoms with Crippen molar-refractivity contribution in [3.63, 3.8) is 0 Å². The van der Waals surface area contributed by atoms with Crippen LogP contribution in [0.2, 0.25) is 0 Å². The molecule has 0 aliphatic carbocycles. The predicted molar refractivity (Wildman–Crippen MR) is 359 cm³/mol. The van der Waals surface area contributed by atoms with Crippen LogP contribution < -0.4 is 21.3 Å². The number of aliphatic hydroxyl groups excluding tert-OH is 1. The quantitative estimate of drug-likeness (QED) is 0.118. The van der Waals surface area contributed by atoms with E-state index in [0.717, 1.165) is 9.80 Å². The minimum absolute atomic E-state index is 0.00131. The number of nitrogens with one attached hydrogen (secondary N) is 7. The first kappa shape index (κ1) is 80.4. The summed E-state index contributed by atoms with van der Waals surface area (Å²) in [4.78, 5) is 184. The van der Waals surface area contributed by atoms with Crippen molar-refractivity contribution in [2.75, 3.05) is 55.9 Å². The molecule has 12 unspecified atom stereocenters. The number of fused-ring (bicyclic) bond motifs is 1. The maximum Gasteiger partial charge on any atom is 0.246 e. The largest absolute Gasteiger partial charge is 0.390 e. The van der Waals surface area contributed by atoms with Gasteiger partial charge in [0.2, 0.25) is 65.0 Å². The number of amides is 11. The summed E-state index contributed by atoms with van der Waals surface area (Å²) >= 11 is 10.7. The smallest absolute Gasteiger partial charge is 0.246 e. The van der Waals surface area contributed by atoms with Gasteiger partial charge in [-0.25, -0.2) is 4.98 Å². The fraction of sp³-hybridized carbons (Fsp3) is 0.750. The molecule has 93 heavy (non-hydrogen) atoms. The number of likely N-dealkylation sites (N-methyl/N-ethyl adjacent to an activating group) is 7. The normalized spacial score (nSPS) is 25.6. The second-order valence-electron chi connectivity index (χ2n) is 27.8. The Balaban J connectivity index is 2.33. The predicted octanol–water partition coefficient (Wildman–Crippen LogP) is 3.54. The second kappa shape index (κ2) is 35.0. The zero-order chi connectivity index (χ0) is 71.3. The molecule has 3 heterocycles. The van der Waals surface area contributed by atoms with E-state index in [9.17, 15) is 38.7 Å². The van der Waals surface area contributed by atoms with Gasteiger partial charge >= 0.3 is 0 Å². The van der Waals surface area contributed by atoms with Crippen molar-refractivity contribution in [2.24, 2.45) is 41.4 Å². The number of aliphatic hydroxyl groups is 1. The lowest BCUT2D eigenvalue weighted by Gasteiger charge is -2.41. The third-order valence-corrected chi connectivity index (χ3v) is 17.8. The Morgan fingerprint density at radius 2 is 0.935 bits per heavy atom. The highest BCUT2D eigenvalue weighted by atomic mass is 32.1. The summed E-state index contributed by atoms with van der Waals surface area (Å²) < 4.78 is 0.501. The third-order valence-electron chi connectivity index (χ3n) is 17.3. The van der Waals surface area contributed by atoms with Crippen LogP contribution in [0.25, 0.3) is 11.2 Å². The highest BCUT2D eigenvalue weighted by molar-refractivity contribution is 7.72. The van der Waals surface area contributed by atoms with Crippen LogP contribution in [0, 0.1) is 50.8 Å². The molecular weight excluding hydrogens is 1230 g/mol. The van der Waals surface area contributed by atoms with Crippen LogP contribution in [-0.4, -0.2) is 247 Å². The van der Waals surface area contributed by atoms with Crippen LogP contribution in [0.3, 0.4) is 0 Å². The first-order valence-corrected chi connectivity index (χ1v) is 33.3. The molecule has 0 spiro atoms. The maximum absolute atomic E-state index is 15.4. The number of carbonyl (C=O) groups excluding carboxylic acids is 11. The fourth-order valence-electron chi connectivity index (χ4n) is 11.7. The Hall–Kier alpha value is -6.88. The number of rotatable bonds is 15. The number of aromatic nitrogens is 4. The first-order valence-electron chi connectivity index (χ1n) is 32.5. The van der Waals surface area contributed by atoms with Crippen molar-refractivity contribution in [3.8, 4) is 0 Å². The zero-order valence-electron chi connectivity index (χ0n) is 59.2. The van der Waals surface area contributed by atoms with E-state index < -0.39 is 156 Å². The Morgan fingerprint density at radius 1 is 0.484 bits per heavy atom. The van der Waals surface area contributed by atoms with Gasteiger partial charge in [0.05, 0.1) is 12.6 Å². The van der Waals surface area contributed by atoms with Gasteiger partial charge in [0.1, 0.15) is 76.4 Å². The average Bonchev–Trinajstić information content (AvgIpc) is 1.71. The molecule has 524 valence electrons. The number of hydrogen-bond donors (Lipinski definition) is 8. The maximum atomic E-state index is 15.4. The summed E-state index contributed by atoms with van der Waals surface area (Å²) in [6.45, 7) is 27.2. The van der Waals surface area contributed by atoms with Gasteiger partial charge in [-0.2, -0.15) is 0 Å². The van der Waals surface area contributed by atoms with Crippen LogP contribution in [0.1, 0.15) is 149 Å². The zero-order valence-corrected chi connectivity index (χ0v) is 60.8. The van der Waals surface area contributed by atoms with Gasteiger partial charge in [0, 0.05) is 55.8 Å². The van der Waals surface area contributed by atoms with Crippen LogP contribution >= 0.6 is 24.4 Å². The lowest BCUT2D eigenvalue weighted by Crippen LogP contribution is -2.63. The Morgan fingerprint density at radius 3 is 1.43 bits per heavy atom. The lowest BCUT2D eigenvalue weighted by molar-refractivity contribution is -0.157. The monoisotopic (exact) mass is 1340 g/mol. The van der Waals surface area contributed by atoms with Crippen molar-refractivity contribution < 1.29 is 57.8 Å². The van der Waals surface area contributed by atoms with Gasteiger partial charge < -0.3 is 75.6 Å². The van der Waals surface area contributed by atoms with Gasteiger partial charge in [0.25, 0.3) is 0 Å². The Bertz CT molecular complexity index is 3110. The number of carbonyl (C=O) groups is 11. The SMILES string of the molecule is CCC1NC(=O)C(C(O)C(C)Cc2nc3[nH]c(=S)[nH]c(=S)c3[nH]2)N(C)C(=O)C(C(C)C)N(C)C(=O)C(CC(C)C)N(C)C(=O)C(CC(C)C)N(C)C(=O)C(C)NC(=O)C(C)NC(=O)C(CC(C)C)N(C)C(=O)C(C(C)C)NC(=O)C(CC(C)C)N(C)C(=O)CN(C)C1=O. The second-order valence-corrected chi connectivity index (χ2v) is 28.6. The molecule has 1 fully saturated rings. The van der Waals surface area contributed by atoms with E-state index in [2.05, 4.69) is 41.2 Å². The number of nitrogens with zero attached hydrogens (tertiary/aromatic N) is 8. The number of aromatic amines is 3. The minimum Gasteiger partial charge on any atom is -0.390 e. The molecule has 0 aromatic carbocycles. The van der Waals surface area contributed by atoms with Crippen LogP contribution in [0.4, 0.5) is 0 Å². The molecule has 27 nitrogen and oxygen atoms in total. The standard InChI is InChI=1S/C64H109N15O12S2/c1-24-40-59(87)73(17)30-46(80)74(18)41(25-31(2)3)55(84)70-47(35(10)11)62(90)75(19)42(26-32(4)5)54(83)65-38(15)53(82)66-39(16)58(86)76(20)43(27-33(6)7)60(88)77(21)44(28-34(8)9)61(89)78(22)49(36(12)13)63(91)79(23)50(56(85)67-40)51(81)37(14)29-45-68-48-52(69-45)71-64(93)72-57(48)92/h31-44,47,49-51,81H,24-30H2,1-23H3,(H,65,83)(H,66,82)(H,67,85)(H,70,84)(H3,68,69,71,72,92,93). The van der Waals surface area contributed by atoms with Gasteiger partial charge in [0.15, 0.2) is 10.4 Å². The molecule has 1 saturated heterocycles. The lowest BCUT2D eigenvalue weighted by atomic mass is 9.91. The van der Waals surface area contributed by atoms with Gasteiger partial charge in [-0.3, -0.25) is 52.7 Å². The summed E-state index contributed by atoms with van der Waals surface area (Å²) in [7, 11) is 9.79. The molecule has 0 saturated carbocycles. The van der Waals surface area contributed by atoms with Gasteiger partial charge in [-0.05, 0) is 99.6 Å². The molecule has 11 amide bonds. The Kier molecular flexibility index (Phi) is 30.3. The molecule has 2 aromatic rings. The highest BCUT2D eigenvalue weighted by Gasteiger charge is 2.46. The molecule has 0 bridgehead atoms. The van der Waals surface area contributed by atoms with Crippen LogP contribution in [-0.2, 0) is 59.2 Å². The molecule has 2 aromatic heterocycles. The van der Waals surface area contributed by atoms with Crippen LogP contribution in [0.15, 0.2) is 0 Å². The molecular formula is C64H109N15O12S2. The highest BCUT2D eigenvalue weighted by Crippen LogP contribution is 2.26. The van der Waals surface area contributed by atoms with Crippen LogP contribution in [0.5, 0.6) is 0 Å². The Labute approximate surface area is 559 Å².